The highest BCUT2D eigenvalue weighted by Gasteiger charge is 2.18. The molecule has 0 unspecified atom stereocenters. The van der Waals surface area contributed by atoms with Crippen molar-refractivity contribution in [2.24, 2.45) is 0 Å². The van der Waals surface area contributed by atoms with E-state index in [0.29, 0.717) is 28.4 Å². The number of nitrogens with one attached hydrogen (secondary N) is 1. The van der Waals surface area contributed by atoms with Crippen molar-refractivity contribution in [1.29, 1.82) is 0 Å². The van der Waals surface area contributed by atoms with Crippen LogP contribution in [-0.2, 0) is 0 Å². The number of nitrogens with two attached hydrogens (primary N) is 1. The van der Waals surface area contributed by atoms with E-state index in [9.17, 15) is 4.79 Å². The third kappa shape index (κ3) is 2.22. The average molecular weight is 274 g/mol. The minimum Gasteiger partial charge on any atom is -0.493 e. The first-order valence-corrected chi connectivity index (χ1v) is 6.21. The summed E-state index contributed by atoms with van der Waals surface area (Å²) in [6.07, 6.45) is 0. The van der Waals surface area contributed by atoms with E-state index in [2.05, 4.69) is 4.98 Å². The van der Waals surface area contributed by atoms with E-state index in [1.807, 2.05) is 19.1 Å². The maximum Gasteiger partial charge on any atom is 0.163 e. The van der Waals surface area contributed by atoms with E-state index in [1.165, 1.54) is 6.92 Å². The molecule has 0 atom stereocenters. The zero-order chi connectivity index (χ0) is 14.9. The Kier molecular flexibility index (Phi) is 3.70. The van der Waals surface area contributed by atoms with Crippen LogP contribution < -0.4 is 15.2 Å². The highest BCUT2D eigenvalue weighted by Crippen LogP contribution is 2.36. The topological polar surface area (TPSA) is 77.3 Å². The highest BCUT2D eigenvalue weighted by molar-refractivity contribution is 6.03. The van der Waals surface area contributed by atoms with Gasteiger partial charge in [0.1, 0.15) is 0 Å². The smallest absolute Gasteiger partial charge is 0.163 e. The van der Waals surface area contributed by atoms with Crippen LogP contribution in [0, 0.1) is 6.92 Å². The van der Waals surface area contributed by atoms with E-state index in [-0.39, 0.29) is 5.78 Å². The van der Waals surface area contributed by atoms with Gasteiger partial charge < -0.3 is 20.2 Å². The van der Waals surface area contributed by atoms with E-state index in [0.717, 1.165) is 11.3 Å². The van der Waals surface area contributed by atoms with Gasteiger partial charge in [-0.3, -0.25) is 4.79 Å². The second-order valence-electron chi connectivity index (χ2n) is 4.54. The summed E-state index contributed by atoms with van der Waals surface area (Å²) in [5.41, 5.74) is 9.40. The highest BCUT2D eigenvalue weighted by atomic mass is 16.5. The lowest BCUT2D eigenvalue weighted by Crippen LogP contribution is -1.98. The standard InChI is InChI=1S/C15H18N2O3/c1-8-13(9(2)18)14(16)15(17-8)10-5-6-11(19-3)12(7-10)20-4/h5-7,17H,16H2,1-4H3. The molecular weight excluding hydrogens is 256 g/mol. The lowest BCUT2D eigenvalue weighted by Gasteiger charge is -2.09. The number of aryl methyl sites for hydroxylation is 1. The Labute approximate surface area is 117 Å². The molecule has 0 aliphatic carbocycles. The zero-order valence-corrected chi connectivity index (χ0v) is 12.0. The number of H-pyrrole nitrogens is 1. The normalized spacial score (nSPS) is 10.4. The largest absolute Gasteiger partial charge is 0.493 e. The number of carbonyl (C=O) groups excluding carboxylic acids is 1. The molecule has 0 amide bonds. The molecule has 20 heavy (non-hydrogen) atoms. The fourth-order valence-corrected chi connectivity index (χ4v) is 2.32. The van der Waals surface area contributed by atoms with Crippen LogP contribution in [0.25, 0.3) is 11.3 Å². The summed E-state index contributed by atoms with van der Waals surface area (Å²) in [6, 6.07) is 5.49. The Morgan fingerprint density at radius 2 is 1.85 bits per heavy atom. The van der Waals surface area contributed by atoms with Crippen LogP contribution in [0.3, 0.4) is 0 Å². The first kappa shape index (κ1) is 14.0. The van der Waals surface area contributed by atoms with E-state index < -0.39 is 0 Å². The van der Waals surface area contributed by atoms with Gasteiger partial charge in [-0.2, -0.15) is 0 Å². The van der Waals surface area contributed by atoms with Gasteiger partial charge in [0, 0.05) is 11.3 Å². The van der Waals surface area contributed by atoms with E-state index in [4.69, 9.17) is 15.2 Å². The number of ketones is 1. The summed E-state index contributed by atoms with van der Waals surface area (Å²) in [4.78, 5) is 14.8. The fourth-order valence-electron chi connectivity index (χ4n) is 2.32. The molecule has 0 saturated carbocycles. The molecular formula is C15H18N2O3. The molecule has 0 aliphatic rings. The van der Waals surface area contributed by atoms with Gasteiger partial charge in [-0.15, -0.1) is 0 Å². The summed E-state index contributed by atoms with van der Waals surface area (Å²) in [6.45, 7) is 3.34. The Morgan fingerprint density at radius 1 is 1.20 bits per heavy atom. The van der Waals surface area contributed by atoms with Crippen molar-refractivity contribution < 1.29 is 14.3 Å². The quantitative estimate of drug-likeness (QED) is 0.840. The minimum atomic E-state index is -0.0528. The van der Waals surface area contributed by atoms with Gasteiger partial charge in [-0.1, -0.05) is 0 Å². The third-order valence-electron chi connectivity index (χ3n) is 3.25. The second-order valence-corrected chi connectivity index (χ2v) is 4.54. The number of rotatable bonds is 4. The number of benzene rings is 1. The number of aromatic amines is 1. The number of ether oxygens (including phenoxy) is 2. The number of aromatic nitrogens is 1. The number of anilines is 1. The molecule has 1 aromatic heterocycles. The summed E-state index contributed by atoms with van der Waals surface area (Å²) < 4.78 is 10.5. The molecule has 106 valence electrons. The molecule has 0 fully saturated rings. The number of nitrogen functional groups attached to an aromatic ring is 1. The Balaban J connectivity index is 2.58. The molecule has 2 rings (SSSR count). The van der Waals surface area contributed by atoms with Gasteiger partial charge in [0.15, 0.2) is 17.3 Å². The molecule has 1 aromatic carbocycles. The molecule has 0 saturated heterocycles. The van der Waals surface area contributed by atoms with E-state index >= 15 is 0 Å². The van der Waals surface area contributed by atoms with Crippen LogP contribution in [0.4, 0.5) is 5.69 Å². The lowest BCUT2D eigenvalue weighted by molar-refractivity contribution is 0.101. The molecule has 0 bridgehead atoms. The third-order valence-corrected chi connectivity index (χ3v) is 3.25. The van der Waals surface area contributed by atoms with Gasteiger partial charge in [-0.05, 0) is 32.0 Å². The van der Waals surface area contributed by atoms with Crippen molar-refractivity contribution in [2.45, 2.75) is 13.8 Å². The summed E-state index contributed by atoms with van der Waals surface area (Å²) in [5.74, 6) is 1.20. The molecule has 1 heterocycles. The predicted molar refractivity (Wildman–Crippen MR) is 78.5 cm³/mol. The van der Waals surface area contributed by atoms with Crippen molar-refractivity contribution in [3.63, 3.8) is 0 Å². The van der Waals surface area contributed by atoms with Gasteiger partial charge >= 0.3 is 0 Å². The van der Waals surface area contributed by atoms with Crippen LogP contribution in [0.5, 0.6) is 11.5 Å². The summed E-state index contributed by atoms with van der Waals surface area (Å²) in [7, 11) is 3.16. The zero-order valence-electron chi connectivity index (χ0n) is 12.0. The van der Waals surface area contributed by atoms with Crippen LogP contribution in [0.1, 0.15) is 23.0 Å². The SMILES string of the molecule is COc1ccc(-c2[nH]c(C)c(C(C)=O)c2N)cc1OC. The summed E-state index contributed by atoms with van der Waals surface area (Å²) in [5, 5.41) is 0. The van der Waals surface area contributed by atoms with Crippen molar-refractivity contribution >= 4 is 11.5 Å². The Bertz CT molecular complexity index is 659. The Hall–Kier alpha value is -2.43. The number of hydrogen-bond donors (Lipinski definition) is 2. The van der Waals surface area contributed by atoms with Crippen molar-refractivity contribution in [2.75, 3.05) is 20.0 Å². The maximum absolute atomic E-state index is 11.6. The van der Waals surface area contributed by atoms with Crippen LogP contribution in [-0.4, -0.2) is 25.0 Å². The first-order valence-electron chi connectivity index (χ1n) is 6.21. The van der Waals surface area contributed by atoms with Gasteiger partial charge in [-0.25, -0.2) is 0 Å². The lowest BCUT2D eigenvalue weighted by atomic mass is 10.1. The van der Waals surface area contributed by atoms with Gasteiger partial charge in [0.05, 0.1) is 31.2 Å². The number of carbonyl (C=O) groups is 1. The fraction of sp³-hybridized carbons (Fsp3) is 0.267. The van der Waals surface area contributed by atoms with Crippen LogP contribution >= 0.6 is 0 Å². The molecule has 5 nitrogen and oxygen atoms in total. The molecule has 5 heteroatoms. The van der Waals surface area contributed by atoms with Crippen LogP contribution in [0.2, 0.25) is 0 Å². The number of methoxy groups -OCH3 is 2. The molecule has 0 aliphatic heterocycles. The monoisotopic (exact) mass is 274 g/mol. The van der Waals surface area contributed by atoms with Crippen molar-refractivity contribution in [3.8, 4) is 22.8 Å². The van der Waals surface area contributed by atoms with Crippen LogP contribution in [0.15, 0.2) is 18.2 Å². The molecule has 2 aromatic rings. The maximum atomic E-state index is 11.6. The predicted octanol–water partition coefficient (Wildman–Crippen LogP) is 2.79. The second kappa shape index (κ2) is 5.28. The van der Waals surface area contributed by atoms with Crippen molar-refractivity contribution in [1.82, 2.24) is 4.98 Å². The Morgan fingerprint density at radius 3 is 2.35 bits per heavy atom. The minimum absolute atomic E-state index is 0.0528. The van der Waals surface area contributed by atoms with Crippen molar-refractivity contribution in [3.05, 3.63) is 29.5 Å². The summed E-state index contributed by atoms with van der Waals surface area (Å²) >= 11 is 0. The average Bonchev–Trinajstić information content (AvgIpc) is 2.73. The number of Topliss-reactive ketones (excluding diaryl/α,β-unsaturated/α-hetero) is 1. The first-order chi connectivity index (χ1) is 9.49. The van der Waals surface area contributed by atoms with Gasteiger partial charge in [0.2, 0.25) is 0 Å². The molecule has 0 radical (unpaired) electrons. The molecule has 0 spiro atoms. The van der Waals surface area contributed by atoms with E-state index in [1.54, 1.807) is 20.3 Å². The number of hydrogen-bond acceptors (Lipinski definition) is 4. The van der Waals surface area contributed by atoms with Gasteiger partial charge in [0.25, 0.3) is 0 Å². The molecule has 3 N–H and O–H groups in total.